The summed E-state index contributed by atoms with van der Waals surface area (Å²) < 4.78 is 39.9. The third kappa shape index (κ3) is 4.43. The maximum absolute atomic E-state index is 13.1. The van der Waals surface area contributed by atoms with E-state index in [0.717, 1.165) is 25.9 Å². The average molecular weight is 351 g/mol. The van der Waals surface area contributed by atoms with Gasteiger partial charge in [-0.15, -0.1) is 0 Å². The molecule has 106 valence electrons. The minimum atomic E-state index is -3.38. The Hall–Kier alpha value is -0.660. The van der Waals surface area contributed by atoms with E-state index < -0.39 is 15.8 Å². The molecule has 2 rings (SSSR count). The van der Waals surface area contributed by atoms with Crippen molar-refractivity contribution in [3.63, 3.8) is 0 Å². The zero-order valence-electron chi connectivity index (χ0n) is 10.3. The van der Waals surface area contributed by atoms with Crippen molar-refractivity contribution in [2.24, 2.45) is 5.92 Å². The van der Waals surface area contributed by atoms with Crippen molar-refractivity contribution in [1.82, 2.24) is 5.32 Å². The number of rotatable bonds is 4. The molecular formula is C12H16BrFN2O2S. The fraction of sp³-hybridized carbons (Fsp3) is 0.500. The van der Waals surface area contributed by atoms with E-state index in [1.807, 2.05) is 0 Å². The molecule has 0 atom stereocenters. The third-order valence-electron chi connectivity index (χ3n) is 3.11. The van der Waals surface area contributed by atoms with E-state index in [9.17, 15) is 12.8 Å². The van der Waals surface area contributed by atoms with Crippen LogP contribution in [0.3, 0.4) is 0 Å². The van der Waals surface area contributed by atoms with Gasteiger partial charge in [0.25, 0.3) is 0 Å². The fourth-order valence-corrected chi connectivity index (χ4v) is 4.04. The monoisotopic (exact) mass is 350 g/mol. The molecule has 4 nitrogen and oxygen atoms in total. The minimum Gasteiger partial charge on any atom is -0.317 e. The lowest BCUT2D eigenvalue weighted by atomic mass is 10.0. The summed E-state index contributed by atoms with van der Waals surface area (Å²) in [5.41, 5.74) is 0.377. The highest BCUT2D eigenvalue weighted by Gasteiger charge is 2.21. The van der Waals surface area contributed by atoms with E-state index in [2.05, 4.69) is 26.0 Å². The SMILES string of the molecule is O=S(=O)(CC1CCNCC1)Nc1ccc(F)c(Br)c1. The first kappa shape index (κ1) is 14.7. The van der Waals surface area contributed by atoms with Crippen LogP contribution in [-0.2, 0) is 10.0 Å². The Morgan fingerprint density at radius 1 is 1.37 bits per heavy atom. The summed E-state index contributed by atoms with van der Waals surface area (Å²) in [7, 11) is -3.38. The Labute approximate surface area is 121 Å². The van der Waals surface area contributed by atoms with Crippen molar-refractivity contribution < 1.29 is 12.8 Å². The first-order chi connectivity index (χ1) is 8.96. The van der Waals surface area contributed by atoms with E-state index in [4.69, 9.17) is 0 Å². The molecule has 0 amide bonds. The quantitative estimate of drug-likeness (QED) is 0.876. The van der Waals surface area contributed by atoms with Crippen LogP contribution in [0.1, 0.15) is 12.8 Å². The predicted octanol–water partition coefficient (Wildman–Crippen LogP) is 2.33. The summed E-state index contributed by atoms with van der Waals surface area (Å²) in [6.07, 6.45) is 1.74. The molecule has 0 radical (unpaired) electrons. The van der Waals surface area contributed by atoms with Gasteiger partial charge in [0.05, 0.1) is 10.2 Å². The Bertz CT molecular complexity index is 545. The molecular weight excluding hydrogens is 335 g/mol. The molecule has 1 aromatic rings. The van der Waals surface area contributed by atoms with Crippen LogP contribution in [0.2, 0.25) is 0 Å². The molecule has 1 heterocycles. The van der Waals surface area contributed by atoms with Gasteiger partial charge in [-0.05, 0) is 66.0 Å². The van der Waals surface area contributed by atoms with E-state index in [1.54, 1.807) is 0 Å². The number of benzene rings is 1. The van der Waals surface area contributed by atoms with Crippen molar-refractivity contribution >= 4 is 31.6 Å². The van der Waals surface area contributed by atoms with Gasteiger partial charge in [0.2, 0.25) is 10.0 Å². The van der Waals surface area contributed by atoms with Gasteiger partial charge >= 0.3 is 0 Å². The molecule has 1 fully saturated rings. The second kappa shape index (κ2) is 6.19. The number of nitrogens with one attached hydrogen (secondary N) is 2. The summed E-state index contributed by atoms with van der Waals surface area (Å²) >= 11 is 3.03. The highest BCUT2D eigenvalue weighted by molar-refractivity contribution is 9.10. The molecule has 19 heavy (non-hydrogen) atoms. The second-order valence-electron chi connectivity index (χ2n) is 4.71. The molecule has 1 aromatic carbocycles. The highest BCUT2D eigenvalue weighted by atomic mass is 79.9. The largest absolute Gasteiger partial charge is 0.317 e. The Morgan fingerprint density at radius 2 is 2.05 bits per heavy atom. The number of hydrogen-bond acceptors (Lipinski definition) is 3. The van der Waals surface area contributed by atoms with E-state index in [1.165, 1.54) is 18.2 Å². The molecule has 1 aliphatic heterocycles. The van der Waals surface area contributed by atoms with Crippen molar-refractivity contribution in [1.29, 1.82) is 0 Å². The van der Waals surface area contributed by atoms with E-state index in [0.29, 0.717) is 5.69 Å². The first-order valence-electron chi connectivity index (χ1n) is 6.12. The van der Waals surface area contributed by atoms with Gasteiger partial charge in [0.15, 0.2) is 0 Å². The maximum atomic E-state index is 13.1. The lowest BCUT2D eigenvalue weighted by molar-refractivity contribution is 0.402. The molecule has 0 saturated carbocycles. The van der Waals surface area contributed by atoms with Gasteiger partial charge in [-0.1, -0.05) is 0 Å². The second-order valence-corrected chi connectivity index (χ2v) is 7.33. The molecule has 0 aliphatic carbocycles. The average Bonchev–Trinajstić information content (AvgIpc) is 2.34. The smallest absolute Gasteiger partial charge is 0.232 e. The summed E-state index contributed by atoms with van der Waals surface area (Å²) in [6, 6.07) is 4.07. The van der Waals surface area contributed by atoms with Gasteiger partial charge in [-0.2, -0.15) is 0 Å². The third-order valence-corrected chi connectivity index (χ3v) is 5.17. The first-order valence-corrected chi connectivity index (χ1v) is 8.57. The normalized spacial score (nSPS) is 17.4. The van der Waals surface area contributed by atoms with Gasteiger partial charge < -0.3 is 5.32 Å². The lowest BCUT2D eigenvalue weighted by Gasteiger charge is -2.22. The molecule has 0 aromatic heterocycles. The number of sulfonamides is 1. The van der Waals surface area contributed by atoms with E-state index >= 15 is 0 Å². The van der Waals surface area contributed by atoms with Crippen LogP contribution in [0, 0.1) is 11.7 Å². The number of halogens is 2. The van der Waals surface area contributed by atoms with Gasteiger partial charge in [0, 0.05) is 5.69 Å². The Balaban J connectivity index is 2.01. The van der Waals surface area contributed by atoms with E-state index in [-0.39, 0.29) is 16.1 Å². The number of hydrogen-bond donors (Lipinski definition) is 2. The Morgan fingerprint density at radius 3 is 2.68 bits per heavy atom. The fourth-order valence-electron chi connectivity index (χ4n) is 2.14. The van der Waals surface area contributed by atoms with Crippen LogP contribution in [0.5, 0.6) is 0 Å². The molecule has 0 unspecified atom stereocenters. The predicted molar refractivity (Wildman–Crippen MR) is 77.1 cm³/mol. The van der Waals surface area contributed by atoms with Crippen LogP contribution in [0.15, 0.2) is 22.7 Å². The van der Waals surface area contributed by atoms with Crippen LogP contribution in [-0.4, -0.2) is 27.3 Å². The molecule has 0 spiro atoms. The summed E-state index contributed by atoms with van der Waals surface area (Å²) in [6.45, 7) is 1.73. The van der Waals surface area contributed by atoms with Gasteiger partial charge in [0.1, 0.15) is 5.82 Å². The zero-order chi connectivity index (χ0) is 13.9. The molecule has 1 saturated heterocycles. The molecule has 7 heteroatoms. The van der Waals surface area contributed by atoms with Crippen molar-refractivity contribution in [3.05, 3.63) is 28.5 Å². The van der Waals surface area contributed by atoms with Crippen molar-refractivity contribution in [2.45, 2.75) is 12.8 Å². The zero-order valence-corrected chi connectivity index (χ0v) is 12.7. The summed E-state index contributed by atoms with van der Waals surface area (Å²) in [5.74, 6) is -0.118. The van der Waals surface area contributed by atoms with Gasteiger partial charge in [-0.3, -0.25) is 4.72 Å². The van der Waals surface area contributed by atoms with Gasteiger partial charge in [-0.25, -0.2) is 12.8 Å². The molecule has 2 N–H and O–H groups in total. The minimum absolute atomic E-state index is 0.115. The Kier molecular flexibility index (Phi) is 4.81. The van der Waals surface area contributed by atoms with Crippen LogP contribution < -0.4 is 10.0 Å². The number of piperidine rings is 1. The number of anilines is 1. The topological polar surface area (TPSA) is 58.2 Å². The van der Waals surface area contributed by atoms with Crippen LogP contribution in [0.4, 0.5) is 10.1 Å². The summed E-state index contributed by atoms with van der Waals surface area (Å²) in [4.78, 5) is 0. The van der Waals surface area contributed by atoms with Crippen LogP contribution in [0.25, 0.3) is 0 Å². The van der Waals surface area contributed by atoms with Crippen LogP contribution >= 0.6 is 15.9 Å². The standard InChI is InChI=1S/C12H16BrFN2O2S/c13-11-7-10(1-2-12(11)14)16-19(17,18)8-9-3-5-15-6-4-9/h1-2,7,9,15-16H,3-6,8H2. The van der Waals surface area contributed by atoms with Crippen molar-refractivity contribution in [3.8, 4) is 0 Å². The summed E-state index contributed by atoms with van der Waals surface area (Å²) in [5, 5.41) is 3.20. The molecule has 1 aliphatic rings. The van der Waals surface area contributed by atoms with Crippen molar-refractivity contribution in [2.75, 3.05) is 23.6 Å². The highest BCUT2D eigenvalue weighted by Crippen LogP contribution is 2.22. The maximum Gasteiger partial charge on any atom is 0.232 e. The molecule has 0 bridgehead atoms. The lowest BCUT2D eigenvalue weighted by Crippen LogP contribution is -2.33.